The van der Waals surface area contributed by atoms with E-state index in [4.69, 9.17) is 0 Å². The van der Waals surface area contributed by atoms with Gasteiger partial charge in [0, 0.05) is 0 Å². The molecule has 10 rings (SSSR count). The molecular formula is C50H33P. The van der Waals surface area contributed by atoms with Crippen molar-refractivity contribution in [2.75, 3.05) is 0 Å². The molecule has 0 bridgehead atoms. The standard InChI is InChI=1S/C50H33P/c1-5-17-34(18-6-1)37-23-15-26-39(33-37)51(38-24-11-4-12-25-38)45-32-31-44-48-42(45)29-16-30-43(48)49-46(35-19-7-2-8-20-35)40-27-13-14-28-41(40)47(50(44)49)36-21-9-3-10-22-36/h1-33H. The lowest BCUT2D eigenvalue weighted by molar-refractivity contribution is 1.62. The topological polar surface area (TPSA) is 0 Å². The molecule has 0 aromatic heterocycles. The molecular weight excluding hydrogens is 632 g/mol. The molecule has 238 valence electrons. The fourth-order valence-electron chi connectivity index (χ4n) is 8.25. The van der Waals surface area contributed by atoms with E-state index in [-0.39, 0.29) is 0 Å². The van der Waals surface area contributed by atoms with Crippen molar-refractivity contribution in [3.63, 3.8) is 0 Å². The van der Waals surface area contributed by atoms with Crippen molar-refractivity contribution >= 4 is 45.4 Å². The summed E-state index contributed by atoms with van der Waals surface area (Å²) in [5.41, 5.74) is 12.9. The molecule has 0 radical (unpaired) electrons. The average molecular weight is 665 g/mol. The average Bonchev–Trinajstić information content (AvgIpc) is 3.54. The van der Waals surface area contributed by atoms with E-state index in [1.54, 1.807) is 0 Å². The predicted octanol–water partition coefficient (Wildman–Crippen LogP) is 12.4. The second-order valence-electron chi connectivity index (χ2n) is 13.2. The maximum atomic E-state index is 2.44. The second kappa shape index (κ2) is 12.4. The van der Waals surface area contributed by atoms with E-state index in [1.807, 2.05) is 0 Å². The largest absolute Gasteiger partial charge is 0.0622 e. The molecule has 0 saturated heterocycles. The van der Waals surface area contributed by atoms with Crippen LogP contribution in [0.4, 0.5) is 0 Å². The maximum absolute atomic E-state index is 2.44. The van der Waals surface area contributed by atoms with Crippen LogP contribution in [-0.2, 0) is 0 Å². The van der Waals surface area contributed by atoms with Crippen LogP contribution in [0.15, 0.2) is 200 Å². The second-order valence-corrected chi connectivity index (χ2v) is 15.4. The van der Waals surface area contributed by atoms with Gasteiger partial charge in [-0.05, 0) is 107 Å². The molecule has 9 aromatic carbocycles. The summed E-state index contributed by atoms with van der Waals surface area (Å²) >= 11 is 0. The monoisotopic (exact) mass is 664 g/mol. The van der Waals surface area contributed by atoms with Gasteiger partial charge in [-0.1, -0.05) is 194 Å². The van der Waals surface area contributed by atoms with E-state index in [9.17, 15) is 0 Å². The van der Waals surface area contributed by atoms with Crippen molar-refractivity contribution in [3.8, 4) is 55.6 Å². The van der Waals surface area contributed by atoms with E-state index in [2.05, 4.69) is 200 Å². The Balaban J connectivity index is 1.29. The molecule has 1 heteroatoms. The molecule has 0 N–H and O–H groups in total. The fourth-order valence-corrected chi connectivity index (χ4v) is 10.7. The van der Waals surface area contributed by atoms with Crippen molar-refractivity contribution in [2.45, 2.75) is 0 Å². The van der Waals surface area contributed by atoms with Gasteiger partial charge in [0.2, 0.25) is 0 Å². The Hall–Kier alpha value is -6.07. The fraction of sp³-hybridized carbons (Fsp3) is 0. The Morgan fingerprint density at radius 3 is 1.33 bits per heavy atom. The zero-order valence-corrected chi connectivity index (χ0v) is 28.9. The van der Waals surface area contributed by atoms with E-state index in [0.29, 0.717) is 0 Å². The van der Waals surface area contributed by atoms with Crippen LogP contribution in [0.5, 0.6) is 0 Å². The van der Waals surface area contributed by atoms with Gasteiger partial charge in [0.15, 0.2) is 0 Å². The molecule has 0 heterocycles. The van der Waals surface area contributed by atoms with Crippen molar-refractivity contribution in [1.82, 2.24) is 0 Å². The number of hydrogen-bond donors (Lipinski definition) is 0. The van der Waals surface area contributed by atoms with E-state index < -0.39 is 7.92 Å². The van der Waals surface area contributed by atoms with Crippen LogP contribution in [0.2, 0.25) is 0 Å². The summed E-state index contributed by atoms with van der Waals surface area (Å²) in [4.78, 5) is 0. The first-order valence-electron chi connectivity index (χ1n) is 17.6. The van der Waals surface area contributed by atoms with Crippen LogP contribution in [-0.4, -0.2) is 0 Å². The number of fused-ring (bicyclic) bond motifs is 4. The lowest BCUT2D eigenvalue weighted by Gasteiger charge is -2.22. The van der Waals surface area contributed by atoms with Crippen LogP contribution in [0.3, 0.4) is 0 Å². The Kier molecular flexibility index (Phi) is 7.23. The summed E-state index contributed by atoms with van der Waals surface area (Å²) in [6, 6.07) is 74.0. The molecule has 1 atom stereocenters. The first-order chi connectivity index (χ1) is 25.3. The van der Waals surface area contributed by atoms with Crippen molar-refractivity contribution in [2.24, 2.45) is 0 Å². The number of benzene rings is 9. The third kappa shape index (κ3) is 4.87. The molecule has 51 heavy (non-hydrogen) atoms. The highest BCUT2D eigenvalue weighted by atomic mass is 31.1. The minimum absolute atomic E-state index is 0.859. The van der Waals surface area contributed by atoms with Gasteiger partial charge in [0.25, 0.3) is 0 Å². The van der Waals surface area contributed by atoms with Crippen LogP contribution in [0.1, 0.15) is 0 Å². The molecule has 0 saturated carbocycles. The zero-order valence-electron chi connectivity index (χ0n) is 28.0. The normalized spacial score (nSPS) is 12.2. The van der Waals surface area contributed by atoms with Crippen LogP contribution in [0, 0.1) is 0 Å². The van der Waals surface area contributed by atoms with Gasteiger partial charge in [0.05, 0.1) is 0 Å². The minimum atomic E-state index is -0.859. The van der Waals surface area contributed by atoms with Crippen LogP contribution in [0.25, 0.3) is 77.2 Å². The van der Waals surface area contributed by atoms with E-state index in [1.165, 1.54) is 93.1 Å². The lowest BCUT2D eigenvalue weighted by atomic mass is 9.82. The molecule has 0 aliphatic heterocycles. The highest BCUT2D eigenvalue weighted by Crippen LogP contribution is 2.58. The Labute approximate surface area is 300 Å². The van der Waals surface area contributed by atoms with Gasteiger partial charge in [-0.2, -0.15) is 0 Å². The maximum Gasteiger partial charge on any atom is -0.000741 e. The molecule has 1 aliphatic rings. The third-order valence-corrected chi connectivity index (χ3v) is 12.8. The Morgan fingerprint density at radius 2 is 0.725 bits per heavy atom. The van der Waals surface area contributed by atoms with Gasteiger partial charge in [-0.3, -0.25) is 0 Å². The number of rotatable bonds is 6. The van der Waals surface area contributed by atoms with Crippen molar-refractivity contribution in [1.29, 1.82) is 0 Å². The van der Waals surface area contributed by atoms with Crippen molar-refractivity contribution in [3.05, 3.63) is 200 Å². The van der Waals surface area contributed by atoms with E-state index >= 15 is 0 Å². The molecule has 0 amide bonds. The Morgan fingerprint density at radius 1 is 0.275 bits per heavy atom. The first kappa shape index (κ1) is 29.8. The van der Waals surface area contributed by atoms with Crippen LogP contribution < -0.4 is 15.9 Å². The summed E-state index contributed by atoms with van der Waals surface area (Å²) in [7, 11) is -0.859. The highest BCUT2D eigenvalue weighted by molar-refractivity contribution is 7.80. The summed E-state index contributed by atoms with van der Waals surface area (Å²) < 4.78 is 0. The van der Waals surface area contributed by atoms with Gasteiger partial charge in [0.1, 0.15) is 0 Å². The van der Waals surface area contributed by atoms with Gasteiger partial charge in [-0.25, -0.2) is 0 Å². The van der Waals surface area contributed by atoms with E-state index in [0.717, 1.165) is 0 Å². The summed E-state index contributed by atoms with van der Waals surface area (Å²) in [5.74, 6) is 0. The molecule has 0 fully saturated rings. The predicted molar refractivity (Wildman–Crippen MR) is 221 cm³/mol. The molecule has 1 unspecified atom stereocenters. The third-order valence-electron chi connectivity index (χ3n) is 10.4. The minimum Gasteiger partial charge on any atom is -0.0622 e. The molecule has 1 aliphatic carbocycles. The number of hydrogen-bond acceptors (Lipinski definition) is 0. The van der Waals surface area contributed by atoms with Crippen molar-refractivity contribution < 1.29 is 0 Å². The van der Waals surface area contributed by atoms with Gasteiger partial charge in [-0.15, -0.1) is 0 Å². The molecule has 9 aromatic rings. The van der Waals surface area contributed by atoms with Gasteiger partial charge < -0.3 is 0 Å². The smallest absolute Gasteiger partial charge is 0.000741 e. The molecule has 0 spiro atoms. The lowest BCUT2D eigenvalue weighted by Crippen LogP contribution is -2.21. The summed E-state index contributed by atoms with van der Waals surface area (Å²) in [6.07, 6.45) is 0. The van der Waals surface area contributed by atoms with Crippen LogP contribution >= 0.6 is 7.92 Å². The first-order valence-corrected chi connectivity index (χ1v) is 19.0. The Bertz CT molecular complexity index is 2620. The van der Waals surface area contributed by atoms with Gasteiger partial charge >= 0.3 is 0 Å². The summed E-state index contributed by atoms with van der Waals surface area (Å²) in [6.45, 7) is 0. The molecule has 0 nitrogen and oxygen atoms in total. The zero-order chi connectivity index (χ0) is 33.7. The quantitative estimate of drug-likeness (QED) is 0.155. The summed E-state index contributed by atoms with van der Waals surface area (Å²) in [5, 5.41) is 9.37. The highest BCUT2D eigenvalue weighted by Gasteiger charge is 2.32. The SMILES string of the molecule is c1ccc(-c2cccc(P(c3ccccc3)c3ccc4c5c(cccc35)-c3c-4c(-c4ccccc4)c4ccccc4c3-c3ccccc3)c2)cc1.